The number of benzene rings is 1. The van der Waals surface area contributed by atoms with Gasteiger partial charge in [0.15, 0.2) is 0 Å². The third-order valence-corrected chi connectivity index (χ3v) is 2.54. The second-order valence-electron chi connectivity index (χ2n) is 3.62. The molecule has 0 saturated heterocycles. The number of aromatic nitrogens is 2. The molecule has 0 atom stereocenters. The number of halogens is 1. The molecule has 0 unspecified atom stereocenters. The molecule has 14 heavy (non-hydrogen) atoms. The molecule has 0 saturated carbocycles. The molecule has 3 heteroatoms. The highest BCUT2D eigenvalue weighted by Gasteiger charge is 2.05. The van der Waals surface area contributed by atoms with Crippen LogP contribution >= 0.6 is 11.6 Å². The minimum atomic E-state index is 0.470. The Morgan fingerprint density at radius 1 is 1.29 bits per heavy atom. The summed E-state index contributed by atoms with van der Waals surface area (Å²) in [4.78, 5) is 8.12. The fourth-order valence-electron chi connectivity index (χ4n) is 1.41. The highest BCUT2D eigenvalue weighted by molar-refractivity contribution is 6.35. The van der Waals surface area contributed by atoms with Gasteiger partial charge in [-0.2, -0.15) is 0 Å². The van der Waals surface area contributed by atoms with Crippen molar-refractivity contribution in [1.29, 1.82) is 0 Å². The SMILES string of the molecule is CC(C)c1cc(Cl)c2ncncc2c1. The van der Waals surface area contributed by atoms with Gasteiger partial charge in [0.1, 0.15) is 6.33 Å². The summed E-state index contributed by atoms with van der Waals surface area (Å²) in [6, 6.07) is 4.06. The highest BCUT2D eigenvalue weighted by atomic mass is 35.5. The zero-order chi connectivity index (χ0) is 10.1. The van der Waals surface area contributed by atoms with E-state index in [1.807, 2.05) is 6.07 Å². The first-order valence-electron chi connectivity index (χ1n) is 4.57. The third kappa shape index (κ3) is 1.58. The molecule has 2 rings (SSSR count). The number of rotatable bonds is 1. The summed E-state index contributed by atoms with van der Waals surface area (Å²) in [5.74, 6) is 0.470. The van der Waals surface area contributed by atoms with Crippen LogP contribution in [0, 0.1) is 0 Å². The molecule has 2 aromatic rings. The minimum Gasteiger partial charge on any atom is -0.244 e. The van der Waals surface area contributed by atoms with Gasteiger partial charge in [0.25, 0.3) is 0 Å². The Kier molecular flexibility index (Phi) is 2.38. The Labute approximate surface area is 88.0 Å². The largest absolute Gasteiger partial charge is 0.244 e. The molecule has 0 radical (unpaired) electrons. The fourth-order valence-corrected chi connectivity index (χ4v) is 1.70. The van der Waals surface area contributed by atoms with E-state index < -0.39 is 0 Å². The average Bonchev–Trinajstić information content (AvgIpc) is 2.17. The van der Waals surface area contributed by atoms with Crippen LogP contribution < -0.4 is 0 Å². The van der Waals surface area contributed by atoms with Gasteiger partial charge in [-0.05, 0) is 23.6 Å². The Morgan fingerprint density at radius 3 is 2.79 bits per heavy atom. The third-order valence-electron chi connectivity index (χ3n) is 2.25. The van der Waals surface area contributed by atoms with Crippen LogP contribution in [0.5, 0.6) is 0 Å². The molecule has 0 aliphatic heterocycles. The first-order chi connectivity index (χ1) is 6.68. The topological polar surface area (TPSA) is 25.8 Å². The van der Waals surface area contributed by atoms with Crippen molar-refractivity contribution in [3.63, 3.8) is 0 Å². The van der Waals surface area contributed by atoms with Crippen LogP contribution in [0.15, 0.2) is 24.7 Å². The van der Waals surface area contributed by atoms with Crippen LogP contribution in [-0.4, -0.2) is 9.97 Å². The maximum atomic E-state index is 6.12. The maximum absolute atomic E-state index is 6.12. The molecule has 1 heterocycles. The van der Waals surface area contributed by atoms with E-state index in [1.165, 1.54) is 11.9 Å². The Morgan fingerprint density at radius 2 is 2.07 bits per heavy atom. The van der Waals surface area contributed by atoms with Gasteiger partial charge in [-0.15, -0.1) is 0 Å². The monoisotopic (exact) mass is 206 g/mol. The minimum absolute atomic E-state index is 0.470. The van der Waals surface area contributed by atoms with Gasteiger partial charge in [-0.25, -0.2) is 9.97 Å². The maximum Gasteiger partial charge on any atom is 0.116 e. The van der Waals surface area contributed by atoms with E-state index in [0.29, 0.717) is 10.9 Å². The lowest BCUT2D eigenvalue weighted by Gasteiger charge is -2.07. The molecular formula is C11H11ClN2. The molecule has 1 aromatic carbocycles. The zero-order valence-electron chi connectivity index (χ0n) is 8.16. The van der Waals surface area contributed by atoms with Crippen LogP contribution in [0.1, 0.15) is 25.3 Å². The average molecular weight is 207 g/mol. The van der Waals surface area contributed by atoms with Crippen LogP contribution in [0.3, 0.4) is 0 Å². The van der Waals surface area contributed by atoms with Crippen molar-refractivity contribution in [1.82, 2.24) is 9.97 Å². The molecular weight excluding hydrogens is 196 g/mol. The van der Waals surface area contributed by atoms with Crippen LogP contribution in [0.4, 0.5) is 0 Å². The summed E-state index contributed by atoms with van der Waals surface area (Å²) in [6.07, 6.45) is 3.31. The van der Waals surface area contributed by atoms with Crippen molar-refractivity contribution >= 4 is 22.5 Å². The lowest BCUT2D eigenvalue weighted by Crippen LogP contribution is -1.89. The molecule has 0 amide bonds. The van der Waals surface area contributed by atoms with Gasteiger partial charge in [-0.1, -0.05) is 25.4 Å². The normalized spacial score (nSPS) is 11.1. The van der Waals surface area contributed by atoms with Gasteiger partial charge >= 0.3 is 0 Å². The van der Waals surface area contributed by atoms with Crippen molar-refractivity contribution < 1.29 is 0 Å². The molecule has 0 bridgehead atoms. The van der Waals surface area contributed by atoms with Gasteiger partial charge in [0.05, 0.1) is 10.5 Å². The standard InChI is InChI=1S/C11H11ClN2/c1-7(2)8-3-9-5-13-6-14-11(9)10(12)4-8/h3-7H,1-2H3. The number of nitrogens with zero attached hydrogens (tertiary/aromatic N) is 2. The molecule has 1 aromatic heterocycles. The predicted molar refractivity (Wildman–Crippen MR) is 58.6 cm³/mol. The Hall–Kier alpha value is -1.15. The van der Waals surface area contributed by atoms with E-state index in [1.54, 1.807) is 6.20 Å². The molecule has 0 N–H and O–H groups in total. The number of fused-ring (bicyclic) bond motifs is 1. The van der Waals surface area contributed by atoms with E-state index in [9.17, 15) is 0 Å². The second kappa shape index (κ2) is 3.54. The van der Waals surface area contributed by atoms with E-state index in [2.05, 4.69) is 29.9 Å². The number of hydrogen-bond acceptors (Lipinski definition) is 2. The van der Waals surface area contributed by atoms with E-state index in [0.717, 1.165) is 10.9 Å². The fraction of sp³-hybridized carbons (Fsp3) is 0.273. The summed E-state index contributed by atoms with van der Waals surface area (Å²) < 4.78 is 0. The Balaban J connectivity index is 2.72. The van der Waals surface area contributed by atoms with E-state index >= 15 is 0 Å². The second-order valence-corrected chi connectivity index (χ2v) is 4.03. The molecule has 0 aliphatic rings. The van der Waals surface area contributed by atoms with Gasteiger partial charge in [-0.3, -0.25) is 0 Å². The first kappa shape index (κ1) is 9.41. The molecule has 0 fully saturated rings. The summed E-state index contributed by atoms with van der Waals surface area (Å²) in [5, 5.41) is 1.71. The van der Waals surface area contributed by atoms with Crippen molar-refractivity contribution in [3.8, 4) is 0 Å². The van der Waals surface area contributed by atoms with Crippen molar-refractivity contribution in [2.24, 2.45) is 0 Å². The molecule has 72 valence electrons. The van der Waals surface area contributed by atoms with E-state index in [4.69, 9.17) is 11.6 Å². The molecule has 0 aliphatic carbocycles. The zero-order valence-corrected chi connectivity index (χ0v) is 8.92. The van der Waals surface area contributed by atoms with Crippen molar-refractivity contribution in [3.05, 3.63) is 35.2 Å². The molecule has 2 nitrogen and oxygen atoms in total. The van der Waals surface area contributed by atoms with Crippen LogP contribution in [0.2, 0.25) is 5.02 Å². The molecule has 0 spiro atoms. The van der Waals surface area contributed by atoms with Crippen LogP contribution in [0.25, 0.3) is 10.9 Å². The van der Waals surface area contributed by atoms with Crippen LogP contribution in [-0.2, 0) is 0 Å². The Bertz CT molecular complexity index is 466. The van der Waals surface area contributed by atoms with Gasteiger partial charge < -0.3 is 0 Å². The van der Waals surface area contributed by atoms with Gasteiger partial charge in [0.2, 0.25) is 0 Å². The highest BCUT2D eigenvalue weighted by Crippen LogP contribution is 2.26. The quantitative estimate of drug-likeness (QED) is 0.715. The predicted octanol–water partition coefficient (Wildman–Crippen LogP) is 3.41. The number of hydrogen-bond donors (Lipinski definition) is 0. The summed E-state index contributed by atoms with van der Waals surface area (Å²) in [5.41, 5.74) is 2.04. The lowest BCUT2D eigenvalue weighted by atomic mass is 10.0. The first-order valence-corrected chi connectivity index (χ1v) is 4.95. The summed E-state index contributed by atoms with van der Waals surface area (Å²) in [7, 11) is 0. The van der Waals surface area contributed by atoms with Gasteiger partial charge in [0, 0.05) is 11.6 Å². The van der Waals surface area contributed by atoms with Crippen molar-refractivity contribution in [2.45, 2.75) is 19.8 Å². The lowest BCUT2D eigenvalue weighted by molar-refractivity contribution is 0.868. The summed E-state index contributed by atoms with van der Waals surface area (Å²) >= 11 is 6.12. The smallest absolute Gasteiger partial charge is 0.116 e. The van der Waals surface area contributed by atoms with E-state index in [-0.39, 0.29) is 0 Å². The van der Waals surface area contributed by atoms with Crippen molar-refractivity contribution in [2.75, 3.05) is 0 Å². The summed E-state index contributed by atoms with van der Waals surface area (Å²) in [6.45, 7) is 4.28.